The van der Waals surface area contributed by atoms with E-state index >= 15 is 0 Å². The van der Waals surface area contributed by atoms with E-state index in [0.29, 0.717) is 12.3 Å². The van der Waals surface area contributed by atoms with Gasteiger partial charge in [0.15, 0.2) is 5.76 Å². The molecule has 1 fully saturated rings. The van der Waals surface area contributed by atoms with Crippen LogP contribution >= 0.6 is 0 Å². The van der Waals surface area contributed by atoms with E-state index in [-0.39, 0.29) is 25.0 Å². The van der Waals surface area contributed by atoms with Crippen LogP contribution in [0.1, 0.15) is 12.7 Å². The molecule has 98 valence electrons. The van der Waals surface area contributed by atoms with Crippen LogP contribution < -0.4 is 5.32 Å². The maximum absolute atomic E-state index is 11.8. The quantitative estimate of drug-likeness (QED) is 0.819. The van der Waals surface area contributed by atoms with Gasteiger partial charge in [0.1, 0.15) is 0 Å². The van der Waals surface area contributed by atoms with E-state index in [1.54, 1.807) is 6.07 Å². The van der Waals surface area contributed by atoms with Gasteiger partial charge in [0.2, 0.25) is 0 Å². The second-order valence-electron chi connectivity index (χ2n) is 4.46. The monoisotopic (exact) mass is 253 g/mol. The molecule has 2 heterocycles. The van der Waals surface area contributed by atoms with E-state index in [1.165, 1.54) is 11.1 Å². The minimum atomic E-state index is -0.854. The largest absolute Gasteiger partial charge is 0.481 e. The van der Waals surface area contributed by atoms with Gasteiger partial charge in [-0.3, -0.25) is 4.79 Å². The van der Waals surface area contributed by atoms with Crippen molar-refractivity contribution in [1.82, 2.24) is 15.4 Å². The first-order chi connectivity index (χ1) is 8.58. The zero-order valence-corrected chi connectivity index (χ0v) is 10.00. The number of carboxylic acids is 1. The number of rotatable bonds is 3. The summed E-state index contributed by atoms with van der Waals surface area (Å²) < 4.78 is 4.85. The van der Waals surface area contributed by atoms with E-state index in [4.69, 9.17) is 9.63 Å². The third kappa shape index (κ3) is 2.61. The van der Waals surface area contributed by atoms with Crippen molar-refractivity contribution in [3.63, 3.8) is 0 Å². The van der Waals surface area contributed by atoms with Crippen LogP contribution in [0, 0.1) is 11.8 Å². The van der Waals surface area contributed by atoms with Gasteiger partial charge in [0.25, 0.3) is 0 Å². The Hall–Kier alpha value is -2.05. The van der Waals surface area contributed by atoms with Crippen LogP contribution in [-0.4, -0.2) is 40.3 Å². The number of carbonyl (C=O) groups excluding carboxylic acids is 1. The molecule has 1 aromatic rings. The Balaban J connectivity index is 1.85. The van der Waals surface area contributed by atoms with Crippen LogP contribution in [-0.2, 0) is 11.3 Å². The lowest BCUT2D eigenvalue weighted by molar-refractivity contribution is -0.142. The van der Waals surface area contributed by atoms with E-state index in [1.807, 2.05) is 6.92 Å². The molecule has 7 heteroatoms. The Labute approximate surface area is 104 Å². The molecule has 0 aromatic carbocycles. The summed E-state index contributed by atoms with van der Waals surface area (Å²) in [6.45, 7) is 2.79. The van der Waals surface area contributed by atoms with Crippen molar-refractivity contribution in [2.75, 3.05) is 13.1 Å². The molecule has 2 atom stereocenters. The van der Waals surface area contributed by atoms with E-state index < -0.39 is 11.9 Å². The van der Waals surface area contributed by atoms with E-state index in [9.17, 15) is 9.59 Å². The third-order valence-corrected chi connectivity index (χ3v) is 3.12. The highest BCUT2D eigenvalue weighted by atomic mass is 16.5. The Morgan fingerprint density at radius 1 is 1.61 bits per heavy atom. The first kappa shape index (κ1) is 12.4. The summed E-state index contributed by atoms with van der Waals surface area (Å²) >= 11 is 0. The van der Waals surface area contributed by atoms with Crippen LogP contribution in [0.2, 0.25) is 0 Å². The van der Waals surface area contributed by atoms with Crippen LogP contribution in [0.25, 0.3) is 0 Å². The molecule has 0 spiro atoms. The number of hydrogen-bond acceptors (Lipinski definition) is 4. The van der Waals surface area contributed by atoms with Crippen LogP contribution in [0.4, 0.5) is 4.79 Å². The molecule has 2 amide bonds. The van der Waals surface area contributed by atoms with Gasteiger partial charge in [-0.15, -0.1) is 0 Å². The SMILES string of the molecule is CC1CN(C(=O)NCc2ccno2)CC1C(=O)O. The summed E-state index contributed by atoms with van der Waals surface area (Å²) in [7, 11) is 0. The number of amides is 2. The lowest BCUT2D eigenvalue weighted by Gasteiger charge is -2.16. The second-order valence-corrected chi connectivity index (χ2v) is 4.46. The zero-order chi connectivity index (χ0) is 13.1. The molecule has 7 nitrogen and oxygen atoms in total. The summed E-state index contributed by atoms with van der Waals surface area (Å²) in [5, 5.41) is 15.2. The molecule has 2 unspecified atom stereocenters. The van der Waals surface area contributed by atoms with Crippen molar-refractivity contribution in [1.29, 1.82) is 0 Å². The number of likely N-dealkylation sites (tertiary alicyclic amines) is 1. The number of carboxylic acid groups (broad SMARTS) is 1. The molecule has 1 aliphatic rings. The molecule has 0 radical (unpaired) electrons. The summed E-state index contributed by atoms with van der Waals surface area (Å²) in [5.41, 5.74) is 0. The standard InChI is InChI=1S/C11H15N3O4/c1-7-5-14(6-9(7)10(15)16)11(17)12-4-8-2-3-13-18-8/h2-3,7,9H,4-6H2,1H3,(H,12,17)(H,15,16). The lowest BCUT2D eigenvalue weighted by Crippen LogP contribution is -2.38. The van der Waals surface area contributed by atoms with Crippen molar-refractivity contribution in [3.05, 3.63) is 18.0 Å². The minimum Gasteiger partial charge on any atom is -0.481 e. The maximum atomic E-state index is 11.8. The third-order valence-electron chi connectivity index (χ3n) is 3.12. The summed E-state index contributed by atoms with van der Waals surface area (Å²) in [6.07, 6.45) is 1.50. The Kier molecular flexibility index (Phi) is 3.50. The Morgan fingerprint density at radius 3 is 2.94 bits per heavy atom. The fourth-order valence-corrected chi connectivity index (χ4v) is 2.06. The minimum absolute atomic E-state index is 0.0291. The van der Waals surface area contributed by atoms with Crippen LogP contribution in [0.15, 0.2) is 16.8 Å². The lowest BCUT2D eigenvalue weighted by atomic mass is 9.99. The van der Waals surface area contributed by atoms with E-state index in [0.717, 1.165) is 0 Å². The van der Waals surface area contributed by atoms with Gasteiger partial charge in [-0.2, -0.15) is 0 Å². The molecule has 0 aliphatic carbocycles. The highest BCUT2D eigenvalue weighted by molar-refractivity contribution is 5.77. The van der Waals surface area contributed by atoms with Crippen molar-refractivity contribution < 1.29 is 19.2 Å². The number of urea groups is 1. The topological polar surface area (TPSA) is 95.7 Å². The van der Waals surface area contributed by atoms with Crippen molar-refractivity contribution in [2.45, 2.75) is 13.5 Å². The highest BCUT2D eigenvalue weighted by Crippen LogP contribution is 2.22. The molecule has 2 rings (SSSR count). The molecule has 0 bridgehead atoms. The smallest absolute Gasteiger partial charge is 0.317 e. The maximum Gasteiger partial charge on any atom is 0.317 e. The van der Waals surface area contributed by atoms with Crippen molar-refractivity contribution in [2.24, 2.45) is 11.8 Å². The first-order valence-electron chi connectivity index (χ1n) is 5.73. The van der Waals surface area contributed by atoms with Gasteiger partial charge in [0.05, 0.1) is 18.7 Å². The number of nitrogens with zero attached hydrogens (tertiary/aromatic N) is 2. The summed E-state index contributed by atoms with van der Waals surface area (Å²) in [6, 6.07) is 1.38. The zero-order valence-electron chi connectivity index (χ0n) is 10.00. The van der Waals surface area contributed by atoms with Crippen molar-refractivity contribution >= 4 is 12.0 Å². The van der Waals surface area contributed by atoms with Crippen LogP contribution in [0.5, 0.6) is 0 Å². The van der Waals surface area contributed by atoms with Crippen molar-refractivity contribution in [3.8, 4) is 0 Å². The van der Waals surface area contributed by atoms with Gasteiger partial charge < -0.3 is 19.8 Å². The molecule has 1 saturated heterocycles. The number of aliphatic carboxylic acids is 1. The summed E-state index contributed by atoms with van der Waals surface area (Å²) in [5.74, 6) is -0.807. The molecule has 1 aliphatic heterocycles. The number of nitrogens with one attached hydrogen (secondary N) is 1. The first-order valence-corrected chi connectivity index (χ1v) is 5.73. The molecule has 2 N–H and O–H groups in total. The molecule has 1 aromatic heterocycles. The van der Waals surface area contributed by atoms with E-state index in [2.05, 4.69) is 10.5 Å². The van der Waals surface area contributed by atoms with Gasteiger partial charge in [-0.25, -0.2) is 4.79 Å². The molecule has 0 saturated carbocycles. The predicted molar refractivity (Wildman–Crippen MR) is 60.6 cm³/mol. The second kappa shape index (κ2) is 5.07. The predicted octanol–water partition coefficient (Wildman–Crippen LogP) is 0.537. The molecular weight excluding hydrogens is 238 g/mol. The average Bonchev–Trinajstić information content (AvgIpc) is 2.94. The number of carbonyl (C=O) groups is 2. The van der Waals surface area contributed by atoms with Crippen LogP contribution in [0.3, 0.4) is 0 Å². The molecule has 18 heavy (non-hydrogen) atoms. The van der Waals surface area contributed by atoms with Gasteiger partial charge in [0, 0.05) is 19.2 Å². The highest BCUT2D eigenvalue weighted by Gasteiger charge is 2.36. The fourth-order valence-electron chi connectivity index (χ4n) is 2.06. The fraction of sp³-hybridized carbons (Fsp3) is 0.545. The van der Waals surface area contributed by atoms with Gasteiger partial charge in [-0.05, 0) is 5.92 Å². The van der Waals surface area contributed by atoms with Gasteiger partial charge in [-0.1, -0.05) is 12.1 Å². The Bertz CT molecular complexity index is 432. The van der Waals surface area contributed by atoms with Gasteiger partial charge >= 0.3 is 12.0 Å². The normalized spacial score (nSPS) is 23.1. The molecular formula is C11H15N3O4. The summed E-state index contributed by atoms with van der Waals surface area (Å²) in [4.78, 5) is 24.3. The Morgan fingerprint density at radius 2 is 2.39 bits per heavy atom. The average molecular weight is 253 g/mol. The number of hydrogen-bond donors (Lipinski definition) is 2. The number of aromatic nitrogens is 1.